The number of nitrogens with zero attached hydrogens (tertiary/aromatic N) is 1. The largest absolute Gasteiger partial charge is 0.198 e. The molecule has 0 aromatic heterocycles. The summed E-state index contributed by atoms with van der Waals surface area (Å²) in [6.45, 7) is 0. The van der Waals surface area contributed by atoms with Crippen molar-refractivity contribution in [3.05, 3.63) is 68.6 Å². The molecular weight excluding hydrogens is 366 g/mol. The molecule has 0 N–H and O–H groups in total. The van der Waals surface area contributed by atoms with Crippen molar-refractivity contribution in [2.45, 2.75) is 12.8 Å². The number of nitriles is 1. The van der Waals surface area contributed by atoms with Gasteiger partial charge in [-0.25, -0.2) is 0 Å². The summed E-state index contributed by atoms with van der Waals surface area (Å²) in [4.78, 5) is 0. The number of hydrogen-bond acceptors (Lipinski definition) is 1. The zero-order valence-corrected chi connectivity index (χ0v) is 13.5. The molecule has 0 spiro atoms. The van der Waals surface area contributed by atoms with E-state index < -0.39 is 0 Å². The zero-order chi connectivity index (χ0) is 13.7. The highest BCUT2D eigenvalue weighted by molar-refractivity contribution is 9.10. The van der Waals surface area contributed by atoms with E-state index in [1.165, 1.54) is 11.1 Å². The molecule has 1 nitrogen and oxygen atoms in total. The molecule has 0 saturated carbocycles. The van der Waals surface area contributed by atoms with E-state index in [4.69, 9.17) is 0 Å². The summed E-state index contributed by atoms with van der Waals surface area (Å²) in [6.07, 6.45) is 1.53. The SMILES string of the molecule is N#CC(Cc1ccccc1Br)Cc1ccccc1Br. The normalized spacial score (nSPS) is 10.4. The van der Waals surface area contributed by atoms with Gasteiger partial charge in [-0.1, -0.05) is 68.3 Å². The second-order valence-corrected chi connectivity index (χ2v) is 6.13. The monoisotopic (exact) mass is 377 g/mol. The van der Waals surface area contributed by atoms with Gasteiger partial charge in [-0.3, -0.25) is 0 Å². The molecule has 0 unspecified atom stereocenters. The maximum Gasteiger partial charge on any atom is 0.0662 e. The van der Waals surface area contributed by atoms with E-state index >= 15 is 0 Å². The van der Waals surface area contributed by atoms with Crippen molar-refractivity contribution in [3.8, 4) is 6.07 Å². The smallest absolute Gasteiger partial charge is 0.0662 e. The van der Waals surface area contributed by atoms with Crippen LogP contribution in [0.1, 0.15) is 11.1 Å². The number of hydrogen-bond donors (Lipinski definition) is 0. The van der Waals surface area contributed by atoms with Crippen LogP contribution in [0.2, 0.25) is 0 Å². The van der Waals surface area contributed by atoms with E-state index in [0.717, 1.165) is 21.8 Å². The molecule has 0 radical (unpaired) electrons. The Morgan fingerprint density at radius 1 is 0.842 bits per heavy atom. The Morgan fingerprint density at radius 2 is 1.26 bits per heavy atom. The zero-order valence-electron chi connectivity index (χ0n) is 10.3. The van der Waals surface area contributed by atoms with E-state index in [0.29, 0.717) is 0 Å². The van der Waals surface area contributed by atoms with E-state index in [1.54, 1.807) is 0 Å². The van der Waals surface area contributed by atoms with Crippen molar-refractivity contribution in [1.29, 1.82) is 5.26 Å². The van der Waals surface area contributed by atoms with Crippen LogP contribution >= 0.6 is 31.9 Å². The Bertz CT molecular complexity index is 554. The fraction of sp³-hybridized carbons (Fsp3) is 0.188. The first kappa shape index (κ1) is 14.3. The Kier molecular flexibility index (Phi) is 5.18. The first-order valence-corrected chi connectivity index (χ1v) is 7.65. The maximum atomic E-state index is 9.35. The van der Waals surface area contributed by atoms with Gasteiger partial charge in [-0.2, -0.15) is 5.26 Å². The van der Waals surface area contributed by atoms with Crippen molar-refractivity contribution in [2.75, 3.05) is 0 Å². The highest BCUT2D eigenvalue weighted by Crippen LogP contribution is 2.24. The Morgan fingerprint density at radius 3 is 1.63 bits per heavy atom. The summed E-state index contributed by atoms with van der Waals surface area (Å²) in [5, 5.41) is 9.35. The number of rotatable bonds is 4. The highest BCUT2D eigenvalue weighted by atomic mass is 79.9. The molecular formula is C16H13Br2N. The molecule has 96 valence electrons. The minimum Gasteiger partial charge on any atom is -0.198 e. The average molecular weight is 379 g/mol. The van der Waals surface area contributed by atoms with Crippen molar-refractivity contribution >= 4 is 31.9 Å². The summed E-state index contributed by atoms with van der Waals surface area (Å²) >= 11 is 7.07. The van der Waals surface area contributed by atoms with Crippen LogP contribution in [0.25, 0.3) is 0 Å². The second-order valence-electron chi connectivity index (χ2n) is 4.42. The minimum atomic E-state index is -0.0163. The molecule has 3 heteroatoms. The van der Waals surface area contributed by atoms with Crippen molar-refractivity contribution in [2.24, 2.45) is 5.92 Å². The molecule has 0 aliphatic heterocycles. The van der Waals surface area contributed by atoms with E-state index in [9.17, 15) is 5.26 Å². The summed E-state index contributed by atoms with van der Waals surface area (Å²) < 4.78 is 2.14. The van der Waals surface area contributed by atoms with Crippen molar-refractivity contribution in [1.82, 2.24) is 0 Å². The van der Waals surface area contributed by atoms with Crippen LogP contribution in [0.5, 0.6) is 0 Å². The van der Waals surface area contributed by atoms with Gasteiger partial charge in [-0.05, 0) is 36.1 Å². The van der Waals surface area contributed by atoms with Gasteiger partial charge in [0.15, 0.2) is 0 Å². The van der Waals surface area contributed by atoms with Gasteiger partial charge in [0.25, 0.3) is 0 Å². The first-order valence-electron chi connectivity index (χ1n) is 6.07. The van der Waals surface area contributed by atoms with Crippen LogP contribution in [0.15, 0.2) is 57.5 Å². The van der Waals surface area contributed by atoms with Gasteiger partial charge >= 0.3 is 0 Å². The first-order chi connectivity index (χ1) is 9.20. The van der Waals surface area contributed by atoms with E-state index in [2.05, 4.69) is 50.1 Å². The van der Waals surface area contributed by atoms with E-state index in [-0.39, 0.29) is 5.92 Å². The number of halogens is 2. The van der Waals surface area contributed by atoms with E-state index in [1.807, 2.05) is 36.4 Å². The quantitative estimate of drug-likeness (QED) is 0.722. The van der Waals surface area contributed by atoms with Crippen LogP contribution in [-0.4, -0.2) is 0 Å². The highest BCUT2D eigenvalue weighted by Gasteiger charge is 2.13. The molecule has 0 aliphatic carbocycles. The summed E-state index contributed by atoms with van der Waals surface area (Å²) in [5.41, 5.74) is 2.36. The standard InChI is InChI=1S/C16H13Br2N/c17-15-7-3-1-5-13(15)9-12(11-19)10-14-6-2-4-8-16(14)18/h1-8,12H,9-10H2. The van der Waals surface area contributed by atoms with Gasteiger partial charge in [0, 0.05) is 8.95 Å². The Balaban J connectivity index is 2.12. The lowest BCUT2D eigenvalue weighted by molar-refractivity contribution is 0.655. The van der Waals surface area contributed by atoms with Crippen LogP contribution in [0.4, 0.5) is 0 Å². The molecule has 2 aromatic rings. The lowest BCUT2D eigenvalue weighted by atomic mass is 9.94. The molecule has 2 aromatic carbocycles. The Labute approximate surface area is 130 Å². The summed E-state index contributed by atoms with van der Waals surface area (Å²) in [7, 11) is 0. The van der Waals surface area contributed by atoms with Crippen LogP contribution < -0.4 is 0 Å². The lowest BCUT2D eigenvalue weighted by Crippen LogP contribution is -2.06. The topological polar surface area (TPSA) is 23.8 Å². The predicted octanol–water partition coefficient (Wildman–Crippen LogP) is 5.14. The summed E-state index contributed by atoms with van der Waals surface area (Å²) in [5.74, 6) is -0.0163. The number of benzene rings is 2. The predicted molar refractivity (Wildman–Crippen MR) is 84.8 cm³/mol. The van der Waals surface area contributed by atoms with Gasteiger partial charge in [0.2, 0.25) is 0 Å². The molecule has 0 aliphatic rings. The molecule has 0 fully saturated rings. The Hall–Kier alpha value is -1.11. The minimum absolute atomic E-state index is 0.0163. The van der Waals surface area contributed by atoms with Crippen LogP contribution in [0, 0.1) is 17.2 Å². The van der Waals surface area contributed by atoms with Gasteiger partial charge in [0.1, 0.15) is 0 Å². The van der Waals surface area contributed by atoms with Crippen molar-refractivity contribution < 1.29 is 0 Å². The lowest BCUT2D eigenvalue weighted by Gasteiger charge is -2.11. The molecule has 0 bridgehead atoms. The molecule has 0 atom stereocenters. The molecule has 0 saturated heterocycles. The van der Waals surface area contributed by atoms with Crippen LogP contribution in [-0.2, 0) is 12.8 Å². The van der Waals surface area contributed by atoms with Gasteiger partial charge < -0.3 is 0 Å². The van der Waals surface area contributed by atoms with Crippen LogP contribution in [0.3, 0.4) is 0 Å². The third-order valence-corrected chi connectivity index (χ3v) is 4.58. The molecule has 2 rings (SSSR count). The average Bonchev–Trinajstić information content (AvgIpc) is 2.42. The van der Waals surface area contributed by atoms with Gasteiger partial charge in [0.05, 0.1) is 12.0 Å². The summed E-state index contributed by atoms with van der Waals surface area (Å²) in [6, 6.07) is 18.6. The third kappa shape index (κ3) is 3.92. The maximum absolute atomic E-state index is 9.35. The van der Waals surface area contributed by atoms with Gasteiger partial charge in [-0.15, -0.1) is 0 Å². The fourth-order valence-corrected chi connectivity index (χ4v) is 2.92. The molecule has 0 amide bonds. The molecule has 0 heterocycles. The van der Waals surface area contributed by atoms with Crippen molar-refractivity contribution in [3.63, 3.8) is 0 Å². The third-order valence-electron chi connectivity index (χ3n) is 3.03. The fourth-order valence-electron chi connectivity index (χ4n) is 2.02. The molecule has 19 heavy (non-hydrogen) atoms. The second kappa shape index (κ2) is 6.88.